The van der Waals surface area contributed by atoms with Crippen LogP contribution in [0.1, 0.15) is 83.0 Å². The number of unbranched alkanes of at least 4 members (excludes halogenated alkanes) is 5. The summed E-state index contributed by atoms with van der Waals surface area (Å²) in [6.45, 7) is 1.48. The Balaban J connectivity index is 1.36. The summed E-state index contributed by atoms with van der Waals surface area (Å²) in [5, 5.41) is 109. The molecule has 14 N–H and O–H groups in total. The van der Waals surface area contributed by atoms with Crippen LogP contribution < -0.4 is 26.0 Å². The first-order valence-electron chi connectivity index (χ1n) is 25.6. The lowest BCUT2D eigenvalue weighted by Gasteiger charge is -2.51. The summed E-state index contributed by atoms with van der Waals surface area (Å²) in [6, 6.07) is -0.578. The van der Waals surface area contributed by atoms with Gasteiger partial charge in [-0.3, -0.25) is 23.7 Å². The second-order valence-electron chi connectivity index (χ2n) is 19.2. The van der Waals surface area contributed by atoms with Gasteiger partial charge >= 0.3 is 10.4 Å². The average Bonchev–Trinajstić information content (AvgIpc) is 3.41. The molecule has 4 fully saturated rings. The summed E-state index contributed by atoms with van der Waals surface area (Å²) < 4.78 is 84.1. The smallest absolute Gasteiger partial charge is 0.397 e. The van der Waals surface area contributed by atoms with Gasteiger partial charge < -0.3 is 105 Å². The summed E-state index contributed by atoms with van der Waals surface area (Å²) in [6.07, 6.45) is -18.4. The number of allylic oxidation sites excluding steroid dienone is 2. The molecule has 0 bridgehead atoms. The number of ether oxygens (including phenoxy) is 8. The maximum absolute atomic E-state index is 14.0. The summed E-state index contributed by atoms with van der Waals surface area (Å²) in [5.41, 5.74) is 0.0212. The number of rotatable bonds is 27. The van der Waals surface area contributed by atoms with E-state index in [-0.39, 0.29) is 17.9 Å². The van der Waals surface area contributed by atoms with Gasteiger partial charge in [-0.2, -0.15) is 8.42 Å². The predicted octanol–water partition coefficient (Wildman–Crippen LogP) is -4.37. The van der Waals surface area contributed by atoms with Gasteiger partial charge in [0.25, 0.3) is 5.91 Å². The van der Waals surface area contributed by atoms with Crippen molar-refractivity contribution in [3.63, 3.8) is 0 Å². The molecule has 1 aromatic rings. The van der Waals surface area contributed by atoms with Gasteiger partial charge in [0.2, 0.25) is 17.7 Å². The van der Waals surface area contributed by atoms with Gasteiger partial charge in [0.15, 0.2) is 25.2 Å². The first-order chi connectivity index (χ1) is 37.0. The fourth-order valence-corrected chi connectivity index (χ4v) is 9.70. The van der Waals surface area contributed by atoms with E-state index in [0.29, 0.717) is 6.42 Å². The zero-order chi connectivity index (χ0) is 57.4. The third kappa shape index (κ3) is 17.7. The highest BCUT2D eigenvalue weighted by molar-refractivity contribution is 7.80. The lowest BCUT2D eigenvalue weighted by atomic mass is 9.93. The van der Waals surface area contributed by atoms with Crippen molar-refractivity contribution in [2.45, 2.75) is 195 Å². The Bertz CT molecular complexity index is 2220. The van der Waals surface area contributed by atoms with E-state index in [1.54, 1.807) is 18.2 Å². The Morgan fingerprint density at radius 3 is 1.54 bits per heavy atom. The molecule has 1 aromatic carbocycles. The molecule has 444 valence electrons. The molecule has 5 rings (SSSR count). The molecule has 0 aliphatic carbocycles. The van der Waals surface area contributed by atoms with Crippen LogP contribution in [-0.2, 0) is 62.1 Å². The Kier molecular flexibility index (Phi) is 25.4. The van der Waals surface area contributed by atoms with Crippen molar-refractivity contribution in [1.82, 2.24) is 21.3 Å². The van der Waals surface area contributed by atoms with Gasteiger partial charge in [-0.1, -0.05) is 50.5 Å². The van der Waals surface area contributed by atoms with E-state index in [9.17, 15) is 78.1 Å². The second-order valence-corrected chi connectivity index (χ2v) is 20.3. The van der Waals surface area contributed by atoms with E-state index in [1.165, 1.54) is 18.9 Å². The summed E-state index contributed by atoms with van der Waals surface area (Å²) in [5.74, 6) is -3.05. The van der Waals surface area contributed by atoms with Crippen molar-refractivity contribution >= 4 is 34.0 Å². The van der Waals surface area contributed by atoms with Gasteiger partial charge in [-0.15, -0.1) is 0 Å². The van der Waals surface area contributed by atoms with Gasteiger partial charge in [0.1, 0.15) is 103 Å². The van der Waals surface area contributed by atoms with Crippen molar-refractivity contribution in [3.05, 3.63) is 42.0 Å². The molecule has 30 heteroatoms. The zero-order valence-electron chi connectivity index (χ0n) is 43.5. The number of benzene rings is 1. The van der Waals surface area contributed by atoms with E-state index in [2.05, 4.69) is 44.5 Å². The largest absolute Gasteiger partial charge is 0.493 e. The summed E-state index contributed by atoms with van der Waals surface area (Å²) >= 11 is 0. The third-order valence-electron chi connectivity index (χ3n) is 13.2. The standard InChI is InChI=1S/C48H76N4O25S/c1-5-6-7-8-9-10-11-12-15-18-69-27-17-14-13-16-26(27)44(64)52-33-37(60)36(59)28(19-53)72-46(33)75-41-29(20-54)73-47(34(39(41)62)50-24(3)57)76-42-30(21-55)74-48(35(40(42)63)51-25(4)58)77-43-31(22-70-78(66,67)68)71-45(65)32(38(43)61)49-23(2)56/h10-11,13-14,16-17,28-43,45-48,53-55,59-63,65H,5-9,12,15,18-22H2,1-4H3,(H,49,56)(H,50,57)(H,51,58)(H,52,64)(H,66,67,68)/b11-10-/t28?,29-,30?,31-,32?,33?,34?,35?,36+,37+,38?,39?,40+,41+,42+,43+,45+,46-,47-,48-/m0/s1. The molecule has 4 aliphatic heterocycles. The average molecular weight is 1140 g/mol. The van der Waals surface area contributed by atoms with Gasteiger partial charge in [-0.05, 0) is 37.8 Å². The van der Waals surface area contributed by atoms with E-state index in [1.807, 2.05) is 0 Å². The normalized spacial score (nSPS) is 35.4. The minimum Gasteiger partial charge on any atom is -0.493 e. The van der Waals surface area contributed by atoms with E-state index >= 15 is 0 Å². The topological polar surface area (TPSA) is 436 Å². The first kappa shape index (κ1) is 64.7. The molecular formula is C48H76N4O25S. The minimum atomic E-state index is -5.16. The molecule has 0 saturated carbocycles. The Hall–Kier alpha value is -4.13. The van der Waals surface area contributed by atoms with E-state index < -0.39 is 183 Å². The lowest BCUT2D eigenvalue weighted by Crippen LogP contribution is -2.71. The van der Waals surface area contributed by atoms with Crippen LogP contribution in [0.3, 0.4) is 0 Å². The minimum absolute atomic E-state index is 0.0212. The van der Waals surface area contributed by atoms with Crippen LogP contribution in [0.5, 0.6) is 5.75 Å². The molecule has 0 aromatic heterocycles. The van der Waals surface area contributed by atoms with Crippen LogP contribution in [-0.4, -0.2) is 238 Å². The van der Waals surface area contributed by atoms with Gasteiger partial charge in [0.05, 0.1) is 38.6 Å². The number of carbonyl (C=O) groups excluding carboxylic acids is 4. The Labute approximate surface area is 450 Å². The van der Waals surface area contributed by atoms with Crippen molar-refractivity contribution < 1.29 is 120 Å². The van der Waals surface area contributed by atoms with Crippen LogP contribution in [0.25, 0.3) is 0 Å². The molecule has 78 heavy (non-hydrogen) atoms. The van der Waals surface area contributed by atoms with Crippen LogP contribution >= 0.6 is 0 Å². The van der Waals surface area contributed by atoms with Gasteiger partial charge in [-0.25, -0.2) is 4.18 Å². The van der Waals surface area contributed by atoms with E-state index in [0.717, 1.165) is 46.5 Å². The summed E-state index contributed by atoms with van der Waals surface area (Å²) in [4.78, 5) is 51.3. The Morgan fingerprint density at radius 1 is 0.577 bits per heavy atom. The molecule has 0 radical (unpaired) electrons. The predicted molar refractivity (Wildman–Crippen MR) is 263 cm³/mol. The highest BCUT2D eigenvalue weighted by atomic mass is 32.3. The van der Waals surface area contributed by atoms with Crippen LogP contribution in [0.2, 0.25) is 0 Å². The number of carbonyl (C=O) groups is 4. The maximum atomic E-state index is 14.0. The molecule has 4 saturated heterocycles. The number of hydrogen-bond acceptors (Lipinski definition) is 24. The molecule has 4 aliphatic rings. The maximum Gasteiger partial charge on any atom is 0.397 e. The molecule has 0 spiro atoms. The van der Waals surface area contributed by atoms with Crippen LogP contribution in [0, 0.1) is 0 Å². The van der Waals surface area contributed by atoms with Crippen molar-refractivity contribution in [1.29, 1.82) is 0 Å². The van der Waals surface area contributed by atoms with Crippen LogP contribution in [0.4, 0.5) is 0 Å². The fraction of sp³-hybridized carbons (Fsp3) is 0.750. The quantitative estimate of drug-likeness (QED) is 0.0225. The summed E-state index contributed by atoms with van der Waals surface area (Å²) in [7, 11) is -5.16. The molecule has 8 unspecified atom stereocenters. The third-order valence-corrected chi connectivity index (χ3v) is 13.7. The lowest BCUT2D eigenvalue weighted by molar-refractivity contribution is -0.361. The number of amides is 4. The van der Waals surface area contributed by atoms with E-state index in [4.69, 9.17) is 37.9 Å². The number of para-hydroxylation sites is 1. The highest BCUT2D eigenvalue weighted by Gasteiger charge is 2.56. The second kappa shape index (κ2) is 30.6. The van der Waals surface area contributed by atoms with Crippen LogP contribution in [0.15, 0.2) is 36.4 Å². The number of aliphatic hydroxyl groups is 9. The number of aliphatic hydroxyl groups excluding tert-OH is 9. The molecule has 4 amide bonds. The molecule has 29 nitrogen and oxygen atoms in total. The van der Waals surface area contributed by atoms with Crippen molar-refractivity contribution in [2.24, 2.45) is 0 Å². The first-order valence-corrected chi connectivity index (χ1v) is 27.0. The van der Waals surface area contributed by atoms with Crippen molar-refractivity contribution in [2.75, 3.05) is 33.0 Å². The number of nitrogens with one attached hydrogen (secondary N) is 4. The highest BCUT2D eigenvalue weighted by Crippen LogP contribution is 2.35. The number of hydrogen-bond donors (Lipinski definition) is 14. The van der Waals surface area contributed by atoms with Crippen molar-refractivity contribution in [3.8, 4) is 5.75 Å². The monoisotopic (exact) mass is 1140 g/mol. The van der Waals surface area contributed by atoms with Gasteiger partial charge in [0, 0.05) is 20.8 Å². The fourth-order valence-electron chi connectivity index (χ4n) is 9.39. The SMILES string of the molecule is CCCCCC/C=C\CCCOc1ccccc1C(=O)NC1[C@H](O[C@H]2C(O)C(NC(C)=O)[C@H](O[C@@H]3C(CO)O[C@@H](O[C@H]4C(O)C(NC(C)=O)[C@H](O)O[C@H]4COS(=O)(=O)O)C(NC(C)=O)[C@H]3O)O[C@H]2CO)OC(CO)[C@@H](O)[C@@H]1O. The molecule has 20 atom stereocenters. The zero-order valence-corrected chi connectivity index (χ0v) is 44.3. The molecular weight excluding hydrogens is 1060 g/mol. The Morgan fingerprint density at radius 2 is 1.04 bits per heavy atom. The molecule has 4 heterocycles.